The average molecular weight is 289 g/mol. The van der Waals surface area contributed by atoms with Crippen LogP contribution in [0.4, 0.5) is 0 Å². The molecule has 0 bridgehead atoms. The summed E-state index contributed by atoms with van der Waals surface area (Å²) < 4.78 is 0. The van der Waals surface area contributed by atoms with E-state index < -0.39 is 0 Å². The van der Waals surface area contributed by atoms with Crippen molar-refractivity contribution in [2.75, 3.05) is 7.05 Å². The molecule has 0 saturated heterocycles. The first-order valence-corrected chi connectivity index (χ1v) is 6.79. The van der Waals surface area contributed by atoms with E-state index in [0.717, 1.165) is 5.56 Å². The van der Waals surface area contributed by atoms with Crippen molar-refractivity contribution >= 4 is 17.5 Å². The Labute approximate surface area is 124 Å². The van der Waals surface area contributed by atoms with Gasteiger partial charge in [-0.1, -0.05) is 35.4 Å². The number of carbonyl (C=O) groups is 1. The van der Waals surface area contributed by atoms with Gasteiger partial charge in [-0.05, 0) is 37.1 Å². The van der Waals surface area contributed by atoms with Crippen molar-refractivity contribution in [1.82, 2.24) is 9.88 Å². The monoisotopic (exact) mass is 288 g/mol. The number of hydrogen-bond acceptors (Lipinski definition) is 2. The number of pyridine rings is 1. The van der Waals surface area contributed by atoms with Crippen molar-refractivity contribution in [3.63, 3.8) is 0 Å². The molecule has 0 unspecified atom stereocenters. The van der Waals surface area contributed by atoms with Crippen LogP contribution < -0.4 is 0 Å². The van der Waals surface area contributed by atoms with E-state index in [1.807, 2.05) is 0 Å². The summed E-state index contributed by atoms with van der Waals surface area (Å²) in [6.45, 7) is 4.66. The summed E-state index contributed by atoms with van der Waals surface area (Å²) in [6.07, 6.45) is 1.57. The highest BCUT2D eigenvalue weighted by Gasteiger charge is 2.16. The van der Waals surface area contributed by atoms with Gasteiger partial charge < -0.3 is 4.90 Å². The van der Waals surface area contributed by atoms with Crippen molar-refractivity contribution in [1.29, 1.82) is 0 Å². The van der Waals surface area contributed by atoms with Gasteiger partial charge in [0.05, 0.1) is 5.56 Å². The Morgan fingerprint density at radius 3 is 2.70 bits per heavy atom. The Kier molecular flexibility index (Phi) is 4.40. The summed E-state index contributed by atoms with van der Waals surface area (Å²) in [4.78, 5) is 17.9. The Hall–Kier alpha value is -1.87. The summed E-state index contributed by atoms with van der Waals surface area (Å²) in [7, 11) is 1.77. The van der Waals surface area contributed by atoms with Crippen LogP contribution in [0.2, 0.25) is 5.15 Å². The zero-order valence-corrected chi connectivity index (χ0v) is 12.6. The van der Waals surface area contributed by atoms with Crippen LogP contribution in [0.15, 0.2) is 36.5 Å². The largest absolute Gasteiger partial charge is 0.337 e. The number of aromatic nitrogens is 1. The van der Waals surface area contributed by atoms with E-state index in [0.29, 0.717) is 12.1 Å². The zero-order chi connectivity index (χ0) is 14.7. The Bertz CT molecular complexity index is 640. The molecule has 104 valence electrons. The van der Waals surface area contributed by atoms with E-state index in [4.69, 9.17) is 11.6 Å². The summed E-state index contributed by atoms with van der Waals surface area (Å²) in [6, 6.07) is 9.63. The maximum Gasteiger partial charge on any atom is 0.257 e. The summed E-state index contributed by atoms with van der Waals surface area (Å²) in [5, 5.41) is 0.241. The lowest BCUT2D eigenvalue weighted by atomic mass is 10.1. The van der Waals surface area contributed by atoms with Crippen LogP contribution in [0.3, 0.4) is 0 Å². The van der Waals surface area contributed by atoms with E-state index in [1.54, 1.807) is 30.3 Å². The van der Waals surface area contributed by atoms with Gasteiger partial charge in [0.1, 0.15) is 5.15 Å². The van der Waals surface area contributed by atoms with Crippen LogP contribution in [0, 0.1) is 13.8 Å². The first kappa shape index (κ1) is 14.5. The molecule has 0 N–H and O–H groups in total. The minimum Gasteiger partial charge on any atom is -0.337 e. The van der Waals surface area contributed by atoms with Crippen LogP contribution in [0.25, 0.3) is 0 Å². The highest BCUT2D eigenvalue weighted by molar-refractivity contribution is 6.32. The first-order chi connectivity index (χ1) is 9.49. The molecular formula is C16H17ClN2O. The van der Waals surface area contributed by atoms with Gasteiger partial charge in [-0.2, -0.15) is 0 Å². The van der Waals surface area contributed by atoms with Gasteiger partial charge >= 0.3 is 0 Å². The molecule has 2 aromatic rings. The van der Waals surface area contributed by atoms with E-state index in [2.05, 4.69) is 37.0 Å². The Morgan fingerprint density at radius 1 is 1.30 bits per heavy atom. The minimum absolute atomic E-state index is 0.122. The lowest BCUT2D eigenvalue weighted by molar-refractivity contribution is 0.0784. The molecule has 3 nitrogen and oxygen atoms in total. The van der Waals surface area contributed by atoms with E-state index in [-0.39, 0.29) is 11.1 Å². The molecule has 0 saturated carbocycles. The summed E-state index contributed by atoms with van der Waals surface area (Å²) >= 11 is 5.96. The normalized spacial score (nSPS) is 10.4. The van der Waals surface area contributed by atoms with Gasteiger partial charge in [0.25, 0.3) is 5.91 Å². The van der Waals surface area contributed by atoms with Crippen LogP contribution >= 0.6 is 11.6 Å². The molecule has 0 atom stereocenters. The number of rotatable bonds is 3. The fourth-order valence-electron chi connectivity index (χ4n) is 2.10. The molecule has 1 aromatic carbocycles. The van der Waals surface area contributed by atoms with Gasteiger partial charge in [-0.3, -0.25) is 4.79 Å². The molecule has 1 heterocycles. The van der Waals surface area contributed by atoms with E-state index in [9.17, 15) is 4.79 Å². The predicted molar refractivity (Wildman–Crippen MR) is 81.0 cm³/mol. The number of nitrogens with zero attached hydrogens (tertiary/aromatic N) is 2. The van der Waals surface area contributed by atoms with Crippen molar-refractivity contribution in [2.24, 2.45) is 0 Å². The van der Waals surface area contributed by atoms with Gasteiger partial charge in [0.15, 0.2) is 0 Å². The van der Waals surface area contributed by atoms with Gasteiger partial charge in [-0.15, -0.1) is 0 Å². The lowest BCUT2D eigenvalue weighted by Crippen LogP contribution is -2.27. The average Bonchev–Trinajstić information content (AvgIpc) is 2.41. The molecule has 2 rings (SSSR count). The van der Waals surface area contributed by atoms with Crippen molar-refractivity contribution in [3.8, 4) is 0 Å². The van der Waals surface area contributed by atoms with Crippen LogP contribution in [0.1, 0.15) is 27.0 Å². The third-order valence-electron chi connectivity index (χ3n) is 3.24. The number of amides is 1. The number of benzene rings is 1. The standard InChI is InChI=1S/C16H17ClN2O/c1-11-6-7-13(12(2)9-11)10-19(3)16(20)14-5-4-8-18-15(14)17/h4-9H,10H2,1-3H3. The quantitative estimate of drug-likeness (QED) is 0.808. The summed E-state index contributed by atoms with van der Waals surface area (Å²) in [5.74, 6) is -0.122. The van der Waals surface area contributed by atoms with Crippen molar-refractivity contribution in [2.45, 2.75) is 20.4 Å². The van der Waals surface area contributed by atoms with Crippen LogP contribution in [-0.4, -0.2) is 22.8 Å². The van der Waals surface area contributed by atoms with Crippen LogP contribution in [0.5, 0.6) is 0 Å². The highest BCUT2D eigenvalue weighted by atomic mass is 35.5. The third-order valence-corrected chi connectivity index (χ3v) is 3.54. The predicted octanol–water partition coefficient (Wildman–Crippen LogP) is 3.62. The SMILES string of the molecule is Cc1ccc(CN(C)C(=O)c2cccnc2Cl)c(C)c1. The van der Waals surface area contributed by atoms with Crippen molar-refractivity contribution in [3.05, 3.63) is 63.9 Å². The minimum atomic E-state index is -0.122. The molecule has 4 heteroatoms. The van der Waals surface area contributed by atoms with E-state index >= 15 is 0 Å². The molecule has 0 radical (unpaired) electrons. The molecule has 20 heavy (non-hydrogen) atoms. The smallest absolute Gasteiger partial charge is 0.257 e. The number of aryl methyl sites for hydroxylation is 2. The molecule has 0 aliphatic rings. The zero-order valence-electron chi connectivity index (χ0n) is 11.9. The molecule has 0 spiro atoms. The molecular weight excluding hydrogens is 272 g/mol. The van der Waals surface area contributed by atoms with Crippen LogP contribution in [-0.2, 0) is 6.54 Å². The molecule has 0 fully saturated rings. The molecule has 1 amide bonds. The lowest BCUT2D eigenvalue weighted by Gasteiger charge is -2.19. The Balaban J connectivity index is 2.18. The van der Waals surface area contributed by atoms with Gasteiger partial charge in [0, 0.05) is 19.8 Å². The first-order valence-electron chi connectivity index (χ1n) is 6.41. The maximum absolute atomic E-state index is 12.3. The summed E-state index contributed by atoms with van der Waals surface area (Å²) in [5.41, 5.74) is 3.96. The second-order valence-electron chi connectivity index (χ2n) is 4.93. The second-order valence-corrected chi connectivity index (χ2v) is 5.29. The van der Waals surface area contributed by atoms with Gasteiger partial charge in [0.2, 0.25) is 0 Å². The molecule has 1 aromatic heterocycles. The number of hydrogen-bond donors (Lipinski definition) is 0. The highest BCUT2D eigenvalue weighted by Crippen LogP contribution is 2.17. The topological polar surface area (TPSA) is 33.2 Å². The molecule has 0 aliphatic heterocycles. The fraction of sp³-hybridized carbons (Fsp3) is 0.250. The second kappa shape index (κ2) is 6.06. The fourth-order valence-corrected chi connectivity index (χ4v) is 2.30. The Morgan fingerprint density at radius 2 is 2.05 bits per heavy atom. The van der Waals surface area contributed by atoms with E-state index in [1.165, 1.54) is 11.1 Å². The maximum atomic E-state index is 12.3. The number of carbonyl (C=O) groups excluding carboxylic acids is 1. The molecule has 0 aliphatic carbocycles. The number of halogens is 1. The third kappa shape index (κ3) is 3.17. The van der Waals surface area contributed by atoms with Gasteiger partial charge in [-0.25, -0.2) is 4.98 Å². The van der Waals surface area contributed by atoms with Crippen molar-refractivity contribution < 1.29 is 4.79 Å².